The van der Waals surface area contributed by atoms with E-state index in [0.29, 0.717) is 19.0 Å². The molecule has 1 fully saturated rings. The lowest BCUT2D eigenvalue weighted by Gasteiger charge is -2.34. The van der Waals surface area contributed by atoms with Gasteiger partial charge in [0.1, 0.15) is 0 Å². The Labute approximate surface area is 134 Å². The van der Waals surface area contributed by atoms with Gasteiger partial charge in [-0.3, -0.25) is 4.79 Å². The van der Waals surface area contributed by atoms with Crippen LogP contribution in [0.25, 0.3) is 0 Å². The highest BCUT2D eigenvalue weighted by Gasteiger charge is 2.21. The summed E-state index contributed by atoms with van der Waals surface area (Å²) in [6, 6.07) is 9.18. The Hall–Kier alpha value is -1.55. The van der Waals surface area contributed by atoms with Gasteiger partial charge < -0.3 is 16.0 Å². The number of rotatable bonds is 4. The molecule has 122 valence electrons. The number of nitrogens with one attached hydrogen (secondary N) is 1. The number of piperidine rings is 1. The molecule has 4 heteroatoms. The fraction of sp³-hybridized carbons (Fsp3) is 0.611. The van der Waals surface area contributed by atoms with Crippen LogP contribution in [0.3, 0.4) is 0 Å². The minimum Gasteiger partial charge on any atom is -0.371 e. The molecule has 0 radical (unpaired) electrons. The second kappa shape index (κ2) is 7.14. The third-order valence-electron chi connectivity index (χ3n) is 4.33. The molecule has 0 saturated carbocycles. The van der Waals surface area contributed by atoms with Crippen molar-refractivity contribution in [1.29, 1.82) is 0 Å². The van der Waals surface area contributed by atoms with E-state index < -0.39 is 0 Å². The minimum absolute atomic E-state index is 0.0791. The molecule has 4 nitrogen and oxygen atoms in total. The predicted molar refractivity (Wildman–Crippen MR) is 92.2 cm³/mol. The zero-order valence-electron chi connectivity index (χ0n) is 14.1. The van der Waals surface area contributed by atoms with Crippen LogP contribution in [0.4, 0.5) is 5.69 Å². The Balaban J connectivity index is 1.88. The summed E-state index contributed by atoms with van der Waals surface area (Å²) in [6.07, 6.45) is 2.42. The zero-order chi connectivity index (χ0) is 16.2. The molecular formula is C18H29N3O. The lowest BCUT2D eigenvalue weighted by Crippen LogP contribution is -2.45. The van der Waals surface area contributed by atoms with Crippen molar-refractivity contribution in [2.45, 2.75) is 51.5 Å². The highest BCUT2D eigenvalue weighted by atomic mass is 16.1. The Bertz CT molecular complexity index is 482. The number of anilines is 1. The van der Waals surface area contributed by atoms with E-state index in [1.807, 2.05) is 0 Å². The molecule has 0 aliphatic carbocycles. The standard InChI is InChI=1S/C18H29N3O/c1-18(2,3)14-4-6-16(7-5-14)21-12-9-15(10-13-21)20-17(22)8-11-19/h4-7,15H,8-13,19H2,1-3H3,(H,20,22). The Morgan fingerprint density at radius 1 is 1.23 bits per heavy atom. The van der Waals surface area contributed by atoms with E-state index in [1.165, 1.54) is 11.3 Å². The summed E-state index contributed by atoms with van der Waals surface area (Å²) >= 11 is 0. The monoisotopic (exact) mass is 303 g/mol. The molecule has 3 N–H and O–H groups in total. The van der Waals surface area contributed by atoms with Gasteiger partial charge >= 0.3 is 0 Å². The van der Waals surface area contributed by atoms with Crippen LogP contribution in [0.5, 0.6) is 0 Å². The molecule has 2 rings (SSSR count). The Morgan fingerprint density at radius 2 is 1.82 bits per heavy atom. The van der Waals surface area contributed by atoms with Gasteiger partial charge in [0.15, 0.2) is 0 Å². The van der Waals surface area contributed by atoms with Crippen molar-refractivity contribution in [2.24, 2.45) is 5.73 Å². The van der Waals surface area contributed by atoms with Crippen LogP contribution in [0, 0.1) is 0 Å². The summed E-state index contributed by atoms with van der Waals surface area (Å²) in [5.74, 6) is 0.0791. The second-order valence-corrected chi connectivity index (χ2v) is 7.16. The highest BCUT2D eigenvalue weighted by Crippen LogP contribution is 2.26. The molecule has 0 spiro atoms. The van der Waals surface area contributed by atoms with Gasteiger partial charge in [-0.05, 0) is 36.0 Å². The van der Waals surface area contributed by atoms with Crippen molar-refractivity contribution in [1.82, 2.24) is 5.32 Å². The van der Waals surface area contributed by atoms with Crippen LogP contribution in [-0.4, -0.2) is 31.6 Å². The van der Waals surface area contributed by atoms with E-state index in [4.69, 9.17) is 5.73 Å². The van der Waals surface area contributed by atoms with Gasteiger partial charge in [-0.2, -0.15) is 0 Å². The first kappa shape index (κ1) is 16.8. The van der Waals surface area contributed by atoms with Gasteiger partial charge in [-0.25, -0.2) is 0 Å². The normalized spacial score (nSPS) is 16.6. The fourth-order valence-corrected chi connectivity index (χ4v) is 2.89. The number of carbonyl (C=O) groups is 1. The van der Waals surface area contributed by atoms with E-state index in [2.05, 4.69) is 55.3 Å². The maximum Gasteiger partial charge on any atom is 0.221 e. The van der Waals surface area contributed by atoms with Gasteiger partial charge in [0.05, 0.1) is 0 Å². The molecule has 22 heavy (non-hydrogen) atoms. The molecule has 1 aliphatic rings. The van der Waals surface area contributed by atoms with Gasteiger partial charge in [-0.15, -0.1) is 0 Å². The lowest BCUT2D eigenvalue weighted by atomic mass is 9.87. The molecule has 1 aromatic rings. The smallest absolute Gasteiger partial charge is 0.221 e. The number of carbonyl (C=O) groups excluding carboxylic acids is 1. The Morgan fingerprint density at radius 3 is 2.32 bits per heavy atom. The van der Waals surface area contributed by atoms with E-state index in [-0.39, 0.29) is 11.3 Å². The molecule has 1 aromatic carbocycles. The molecule has 0 atom stereocenters. The van der Waals surface area contributed by atoms with Gasteiger partial charge in [0.2, 0.25) is 5.91 Å². The van der Waals surface area contributed by atoms with E-state index in [1.54, 1.807) is 0 Å². The number of nitrogens with two attached hydrogens (primary N) is 1. The number of nitrogens with zero attached hydrogens (tertiary/aromatic N) is 1. The summed E-state index contributed by atoms with van der Waals surface area (Å²) in [5, 5.41) is 3.08. The van der Waals surface area contributed by atoms with Gasteiger partial charge in [-0.1, -0.05) is 32.9 Å². The average molecular weight is 303 g/mol. The molecule has 1 aliphatic heterocycles. The SMILES string of the molecule is CC(C)(C)c1ccc(N2CCC(NC(=O)CCN)CC2)cc1. The average Bonchev–Trinajstić information content (AvgIpc) is 2.47. The number of hydrogen-bond acceptors (Lipinski definition) is 3. The molecule has 1 saturated heterocycles. The van der Waals surface area contributed by atoms with Crippen LogP contribution < -0.4 is 16.0 Å². The predicted octanol–water partition coefficient (Wildman–Crippen LogP) is 2.42. The first-order valence-corrected chi connectivity index (χ1v) is 8.25. The van der Waals surface area contributed by atoms with Crippen molar-refractivity contribution < 1.29 is 4.79 Å². The van der Waals surface area contributed by atoms with E-state index in [0.717, 1.165) is 25.9 Å². The number of amides is 1. The highest BCUT2D eigenvalue weighted by molar-refractivity contribution is 5.76. The van der Waals surface area contributed by atoms with Crippen molar-refractivity contribution in [3.8, 4) is 0 Å². The van der Waals surface area contributed by atoms with Crippen LogP contribution in [-0.2, 0) is 10.2 Å². The first-order valence-electron chi connectivity index (χ1n) is 8.25. The van der Waals surface area contributed by atoms with E-state index in [9.17, 15) is 4.79 Å². The summed E-state index contributed by atoms with van der Waals surface area (Å²) in [4.78, 5) is 14.0. The number of hydrogen-bond donors (Lipinski definition) is 2. The molecule has 1 amide bonds. The molecule has 0 aromatic heterocycles. The molecule has 1 heterocycles. The summed E-state index contributed by atoms with van der Waals surface area (Å²) in [7, 11) is 0. The van der Waals surface area contributed by atoms with Crippen molar-refractivity contribution in [2.75, 3.05) is 24.5 Å². The first-order chi connectivity index (χ1) is 10.4. The zero-order valence-corrected chi connectivity index (χ0v) is 14.1. The lowest BCUT2D eigenvalue weighted by molar-refractivity contribution is -0.121. The van der Waals surface area contributed by atoms with Crippen molar-refractivity contribution in [3.05, 3.63) is 29.8 Å². The van der Waals surface area contributed by atoms with Gasteiger partial charge in [0.25, 0.3) is 0 Å². The fourth-order valence-electron chi connectivity index (χ4n) is 2.89. The van der Waals surface area contributed by atoms with Crippen LogP contribution in [0.15, 0.2) is 24.3 Å². The Kier molecular flexibility index (Phi) is 5.46. The molecule has 0 bridgehead atoms. The second-order valence-electron chi connectivity index (χ2n) is 7.16. The number of benzene rings is 1. The van der Waals surface area contributed by atoms with Crippen LogP contribution >= 0.6 is 0 Å². The summed E-state index contributed by atoms with van der Waals surface area (Å²) < 4.78 is 0. The summed E-state index contributed by atoms with van der Waals surface area (Å²) in [6.45, 7) is 9.10. The minimum atomic E-state index is 0.0791. The third kappa shape index (κ3) is 4.47. The maximum atomic E-state index is 11.6. The topological polar surface area (TPSA) is 58.4 Å². The van der Waals surface area contributed by atoms with Crippen molar-refractivity contribution in [3.63, 3.8) is 0 Å². The van der Waals surface area contributed by atoms with Gasteiger partial charge in [0, 0.05) is 37.8 Å². The molecular weight excluding hydrogens is 274 g/mol. The summed E-state index contributed by atoms with van der Waals surface area (Å²) in [5.41, 5.74) is 8.24. The molecule has 0 unspecified atom stereocenters. The third-order valence-corrected chi connectivity index (χ3v) is 4.33. The van der Waals surface area contributed by atoms with Crippen molar-refractivity contribution >= 4 is 11.6 Å². The quantitative estimate of drug-likeness (QED) is 0.898. The largest absolute Gasteiger partial charge is 0.371 e. The maximum absolute atomic E-state index is 11.6. The van der Waals surface area contributed by atoms with Crippen LogP contribution in [0.1, 0.15) is 45.6 Å². The van der Waals surface area contributed by atoms with Crippen LogP contribution in [0.2, 0.25) is 0 Å². The van der Waals surface area contributed by atoms with E-state index >= 15 is 0 Å².